The molecule has 1 unspecified atom stereocenters. The first-order valence-electron chi connectivity index (χ1n) is 6.98. The largest absolute Gasteiger partial charge is 0.434 e. The number of ether oxygens (including phenoxy) is 1. The second-order valence-electron chi connectivity index (χ2n) is 5.17. The number of benzene rings is 1. The van der Waals surface area contributed by atoms with E-state index in [1.165, 1.54) is 11.8 Å². The molecule has 0 heterocycles. The molecule has 0 bridgehead atoms. The SMILES string of the molecule is CCC=COC(=O)C(C=O)c1ccc(CC(C)C)cc1. The molecular weight excluding hydrogens is 252 g/mol. The third-order valence-electron chi connectivity index (χ3n) is 2.89. The Hall–Kier alpha value is -1.90. The van der Waals surface area contributed by atoms with E-state index in [9.17, 15) is 9.59 Å². The van der Waals surface area contributed by atoms with Crippen molar-refractivity contribution in [1.29, 1.82) is 0 Å². The van der Waals surface area contributed by atoms with Crippen molar-refractivity contribution in [3.05, 3.63) is 47.7 Å². The van der Waals surface area contributed by atoms with Gasteiger partial charge in [-0.1, -0.05) is 45.0 Å². The number of esters is 1. The zero-order chi connectivity index (χ0) is 15.0. The number of aldehydes is 1. The minimum atomic E-state index is -0.857. The van der Waals surface area contributed by atoms with Gasteiger partial charge < -0.3 is 9.53 Å². The fraction of sp³-hybridized carbons (Fsp3) is 0.412. The summed E-state index contributed by atoms with van der Waals surface area (Å²) in [5, 5.41) is 0. The van der Waals surface area contributed by atoms with Gasteiger partial charge >= 0.3 is 5.97 Å². The second kappa shape index (κ2) is 8.31. The molecule has 0 aliphatic carbocycles. The van der Waals surface area contributed by atoms with Crippen molar-refractivity contribution in [2.45, 2.75) is 39.5 Å². The molecule has 1 aromatic carbocycles. The zero-order valence-corrected chi connectivity index (χ0v) is 12.3. The molecule has 0 saturated heterocycles. The Morgan fingerprint density at radius 1 is 1.25 bits per heavy atom. The highest BCUT2D eigenvalue weighted by Crippen LogP contribution is 2.18. The van der Waals surface area contributed by atoms with E-state index >= 15 is 0 Å². The molecule has 0 fully saturated rings. The van der Waals surface area contributed by atoms with Crippen molar-refractivity contribution < 1.29 is 14.3 Å². The molecule has 108 valence electrons. The molecule has 1 aromatic rings. The number of rotatable bonds is 7. The summed E-state index contributed by atoms with van der Waals surface area (Å²) in [6.07, 6.45) is 5.45. The fourth-order valence-corrected chi connectivity index (χ4v) is 1.89. The molecule has 0 amide bonds. The van der Waals surface area contributed by atoms with Crippen molar-refractivity contribution in [2.75, 3.05) is 0 Å². The maximum atomic E-state index is 11.8. The summed E-state index contributed by atoms with van der Waals surface area (Å²) in [6, 6.07) is 7.56. The molecule has 3 nitrogen and oxygen atoms in total. The summed E-state index contributed by atoms with van der Waals surface area (Å²) in [6.45, 7) is 6.24. The number of hydrogen-bond acceptors (Lipinski definition) is 3. The smallest absolute Gasteiger partial charge is 0.325 e. The van der Waals surface area contributed by atoms with Crippen LogP contribution in [0.1, 0.15) is 44.2 Å². The minimum Gasteiger partial charge on any atom is -0.434 e. The van der Waals surface area contributed by atoms with Crippen LogP contribution >= 0.6 is 0 Å². The minimum absolute atomic E-state index is 0.540. The molecule has 0 aromatic heterocycles. The molecular formula is C17H22O3. The fourth-order valence-electron chi connectivity index (χ4n) is 1.89. The summed E-state index contributed by atoms with van der Waals surface area (Å²) in [7, 11) is 0. The standard InChI is InChI=1S/C17H22O3/c1-4-5-10-20-17(19)16(12-18)15-8-6-14(7-9-15)11-13(2)3/h5-10,12-13,16H,4,11H2,1-3H3. The molecule has 0 saturated carbocycles. The Kier molecular flexibility index (Phi) is 6.71. The van der Waals surface area contributed by atoms with Gasteiger partial charge in [0.2, 0.25) is 0 Å². The number of allylic oxidation sites excluding steroid dienone is 1. The maximum Gasteiger partial charge on any atom is 0.325 e. The van der Waals surface area contributed by atoms with Crippen LogP contribution in [0.15, 0.2) is 36.6 Å². The lowest BCUT2D eigenvalue weighted by Gasteiger charge is -2.10. The van der Waals surface area contributed by atoms with Gasteiger partial charge in [-0.2, -0.15) is 0 Å². The van der Waals surface area contributed by atoms with Crippen LogP contribution in [0.5, 0.6) is 0 Å². The molecule has 20 heavy (non-hydrogen) atoms. The van der Waals surface area contributed by atoms with Crippen molar-refractivity contribution in [3.63, 3.8) is 0 Å². The molecule has 1 rings (SSSR count). The molecule has 0 radical (unpaired) electrons. The van der Waals surface area contributed by atoms with Crippen LogP contribution in [-0.2, 0) is 20.7 Å². The number of carbonyl (C=O) groups is 2. The molecule has 0 aliphatic rings. The lowest BCUT2D eigenvalue weighted by Crippen LogP contribution is -2.15. The molecule has 0 spiro atoms. The summed E-state index contributed by atoms with van der Waals surface area (Å²) in [5.74, 6) is -0.822. The average molecular weight is 274 g/mol. The van der Waals surface area contributed by atoms with E-state index in [4.69, 9.17) is 4.74 Å². The van der Waals surface area contributed by atoms with Crippen LogP contribution in [0.2, 0.25) is 0 Å². The van der Waals surface area contributed by atoms with E-state index < -0.39 is 11.9 Å². The highest BCUT2D eigenvalue weighted by molar-refractivity contribution is 5.94. The summed E-state index contributed by atoms with van der Waals surface area (Å²) in [4.78, 5) is 22.9. The first kappa shape index (κ1) is 16.2. The quantitative estimate of drug-likeness (QED) is 0.330. The lowest BCUT2D eigenvalue weighted by atomic mass is 9.96. The van der Waals surface area contributed by atoms with Gasteiger partial charge in [0, 0.05) is 0 Å². The van der Waals surface area contributed by atoms with Gasteiger partial charge in [-0.3, -0.25) is 4.79 Å². The van der Waals surface area contributed by atoms with Crippen LogP contribution < -0.4 is 0 Å². The Balaban J connectivity index is 2.76. The van der Waals surface area contributed by atoms with Gasteiger partial charge in [-0.15, -0.1) is 0 Å². The van der Waals surface area contributed by atoms with Gasteiger partial charge in [0.1, 0.15) is 12.2 Å². The highest BCUT2D eigenvalue weighted by Gasteiger charge is 2.20. The predicted octanol–water partition coefficient (Wildman–Crippen LogP) is 3.63. The van der Waals surface area contributed by atoms with Gasteiger partial charge in [-0.25, -0.2) is 0 Å². The number of hydrogen-bond donors (Lipinski definition) is 0. The predicted molar refractivity (Wildman–Crippen MR) is 79.3 cm³/mol. The van der Waals surface area contributed by atoms with Crippen LogP contribution in [0.25, 0.3) is 0 Å². The topological polar surface area (TPSA) is 43.4 Å². The molecule has 1 atom stereocenters. The van der Waals surface area contributed by atoms with Gasteiger partial charge in [0.05, 0.1) is 6.26 Å². The Labute approximate surface area is 120 Å². The molecule has 3 heteroatoms. The monoisotopic (exact) mass is 274 g/mol. The molecule has 0 N–H and O–H groups in total. The van der Waals surface area contributed by atoms with Gasteiger partial charge in [0.25, 0.3) is 0 Å². The maximum absolute atomic E-state index is 11.8. The van der Waals surface area contributed by atoms with E-state index in [0.717, 1.165) is 12.8 Å². The van der Waals surface area contributed by atoms with E-state index in [0.29, 0.717) is 17.8 Å². The Bertz CT molecular complexity index is 458. The second-order valence-corrected chi connectivity index (χ2v) is 5.17. The zero-order valence-electron chi connectivity index (χ0n) is 12.3. The third-order valence-corrected chi connectivity index (χ3v) is 2.89. The van der Waals surface area contributed by atoms with Crippen molar-refractivity contribution >= 4 is 12.3 Å². The summed E-state index contributed by atoms with van der Waals surface area (Å²) in [5.41, 5.74) is 1.87. The van der Waals surface area contributed by atoms with Gasteiger partial charge in [-0.05, 0) is 36.0 Å². The van der Waals surface area contributed by atoms with Crippen LogP contribution in [0, 0.1) is 5.92 Å². The first-order chi connectivity index (χ1) is 9.58. The Morgan fingerprint density at radius 3 is 2.40 bits per heavy atom. The van der Waals surface area contributed by atoms with Crippen molar-refractivity contribution in [2.24, 2.45) is 5.92 Å². The summed E-state index contributed by atoms with van der Waals surface area (Å²) >= 11 is 0. The van der Waals surface area contributed by atoms with Crippen molar-refractivity contribution in [1.82, 2.24) is 0 Å². The third kappa shape index (κ3) is 5.00. The van der Waals surface area contributed by atoms with E-state index in [-0.39, 0.29) is 0 Å². The molecule has 0 aliphatic heterocycles. The van der Waals surface area contributed by atoms with E-state index in [1.54, 1.807) is 6.08 Å². The Morgan fingerprint density at radius 2 is 1.90 bits per heavy atom. The van der Waals surface area contributed by atoms with Gasteiger partial charge in [0.15, 0.2) is 0 Å². The van der Waals surface area contributed by atoms with Crippen LogP contribution in [0.3, 0.4) is 0 Å². The average Bonchev–Trinajstić information content (AvgIpc) is 2.41. The highest BCUT2D eigenvalue weighted by atomic mass is 16.5. The van der Waals surface area contributed by atoms with E-state index in [1.807, 2.05) is 31.2 Å². The van der Waals surface area contributed by atoms with Crippen LogP contribution in [-0.4, -0.2) is 12.3 Å². The van der Waals surface area contributed by atoms with Crippen LogP contribution in [0.4, 0.5) is 0 Å². The van der Waals surface area contributed by atoms with Crippen molar-refractivity contribution in [3.8, 4) is 0 Å². The normalized spacial score (nSPS) is 12.6. The summed E-state index contributed by atoms with van der Waals surface area (Å²) < 4.78 is 4.93. The number of carbonyl (C=O) groups excluding carboxylic acids is 2. The first-order valence-corrected chi connectivity index (χ1v) is 6.98. The van der Waals surface area contributed by atoms with E-state index in [2.05, 4.69) is 13.8 Å². The lowest BCUT2D eigenvalue weighted by molar-refractivity contribution is -0.141.